The van der Waals surface area contributed by atoms with Crippen molar-refractivity contribution in [2.24, 2.45) is 0 Å². The van der Waals surface area contributed by atoms with Gasteiger partial charge in [0.1, 0.15) is 5.82 Å². The minimum absolute atomic E-state index is 0.386. The molecule has 2 saturated heterocycles. The van der Waals surface area contributed by atoms with Crippen molar-refractivity contribution in [2.45, 2.75) is 19.0 Å². The van der Waals surface area contributed by atoms with Gasteiger partial charge >= 0.3 is 0 Å². The fraction of sp³-hybridized carbons (Fsp3) is 0.500. The van der Waals surface area contributed by atoms with Gasteiger partial charge in [-0.1, -0.05) is 6.07 Å². The Labute approximate surface area is 148 Å². The van der Waals surface area contributed by atoms with Crippen LogP contribution in [-0.2, 0) is 11.3 Å². The Kier molecular flexibility index (Phi) is 5.03. The molecule has 0 bridgehead atoms. The van der Waals surface area contributed by atoms with Crippen molar-refractivity contribution in [3.8, 4) is 0 Å². The molecule has 1 N–H and O–H groups in total. The third-order valence-electron chi connectivity index (χ3n) is 4.71. The second kappa shape index (κ2) is 7.76. The van der Waals surface area contributed by atoms with Crippen molar-refractivity contribution in [3.05, 3.63) is 42.4 Å². The molecule has 7 heteroatoms. The Morgan fingerprint density at radius 1 is 1.16 bits per heavy atom. The number of pyridine rings is 1. The average Bonchev–Trinajstić information content (AvgIpc) is 3.10. The summed E-state index contributed by atoms with van der Waals surface area (Å²) in [6.07, 6.45) is 6.69. The molecule has 2 aromatic heterocycles. The van der Waals surface area contributed by atoms with Crippen LogP contribution in [-0.4, -0.2) is 65.3 Å². The highest BCUT2D eigenvalue weighted by atomic mass is 16.5. The molecule has 1 atom stereocenters. The first-order valence-corrected chi connectivity index (χ1v) is 8.90. The highest BCUT2D eigenvalue weighted by molar-refractivity contribution is 5.43. The van der Waals surface area contributed by atoms with Crippen LogP contribution in [0.3, 0.4) is 0 Å². The van der Waals surface area contributed by atoms with Gasteiger partial charge in [-0.25, -0.2) is 4.98 Å². The van der Waals surface area contributed by atoms with Gasteiger partial charge in [-0.05, 0) is 24.1 Å². The molecule has 7 nitrogen and oxygen atoms in total. The van der Waals surface area contributed by atoms with Crippen molar-refractivity contribution >= 4 is 11.8 Å². The molecule has 0 aliphatic carbocycles. The zero-order valence-corrected chi connectivity index (χ0v) is 14.3. The van der Waals surface area contributed by atoms with E-state index in [1.54, 1.807) is 0 Å². The minimum Gasteiger partial charge on any atom is -0.378 e. The number of ether oxygens (including phenoxy) is 1. The molecule has 4 heterocycles. The van der Waals surface area contributed by atoms with Crippen molar-refractivity contribution in [1.29, 1.82) is 0 Å². The lowest BCUT2D eigenvalue weighted by atomic mass is 10.2. The first kappa shape index (κ1) is 16.2. The minimum atomic E-state index is 0.386. The molecule has 2 aliphatic heterocycles. The molecule has 25 heavy (non-hydrogen) atoms. The van der Waals surface area contributed by atoms with E-state index in [2.05, 4.69) is 36.1 Å². The summed E-state index contributed by atoms with van der Waals surface area (Å²) in [6.45, 7) is 6.32. The maximum Gasteiger partial charge on any atom is 0.224 e. The van der Waals surface area contributed by atoms with Gasteiger partial charge in [0, 0.05) is 57.4 Å². The molecule has 2 aromatic rings. The molecule has 4 rings (SSSR count). The molecule has 0 radical (unpaired) electrons. The summed E-state index contributed by atoms with van der Waals surface area (Å²) in [4.78, 5) is 18.0. The summed E-state index contributed by atoms with van der Waals surface area (Å²) in [5, 5.41) is 3.50. The second-order valence-electron chi connectivity index (χ2n) is 6.56. The summed E-state index contributed by atoms with van der Waals surface area (Å²) in [6, 6.07) is 6.48. The smallest absolute Gasteiger partial charge is 0.224 e. The second-order valence-corrected chi connectivity index (χ2v) is 6.56. The quantitative estimate of drug-likeness (QED) is 0.882. The van der Waals surface area contributed by atoms with Crippen LogP contribution in [0.2, 0.25) is 0 Å². The predicted molar refractivity (Wildman–Crippen MR) is 96.6 cm³/mol. The van der Waals surface area contributed by atoms with Crippen LogP contribution >= 0.6 is 0 Å². The molecular formula is C18H24N6O. The van der Waals surface area contributed by atoms with Crippen molar-refractivity contribution in [2.75, 3.05) is 49.6 Å². The lowest BCUT2D eigenvalue weighted by Crippen LogP contribution is -2.37. The summed E-state index contributed by atoms with van der Waals surface area (Å²) in [5.41, 5.74) is 1.26. The van der Waals surface area contributed by atoms with Crippen molar-refractivity contribution < 1.29 is 4.74 Å². The van der Waals surface area contributed by atoms with E-state index in [0.29, 0.717) is 6.04 Å². The zero-order chi connectivity index (χ0) is 16.9. The number of likely N-dealkylation sites (tertiary alicyclic amines) is 1. The third kappa shape index (κ3) is 4.24. The van der Waals surface area contributed by atoms with Gasteiger partial charge in [0.25, 0.3) is 0 Å². The summed E-state index contributed by atoms with van der Waals surface area (Å²) >= 11 is 0. The standard InChI is InChI=1S/C18H24N6O/c1-2-15(12-19-5-1)13-23-7-4-16(14-23)21-18-20-6-3-17(22-18)24-8-10-25-11-9-24/h1-3,5-6,12,16H,4,7-11,13-14H2,(H,20,21,22). The maximum absolute atomic E-state index is 5.41. The molecule has 0 saturated carbocycles. The number of rotatable bonds is 5. The Morgan fingerprint density at radius 2 is 2.08 bits per heavy atom. The van der Waals surface area contributed by atoms with Crippen LogP contribution in [0.25, 0.3) is 0 Å². The fourth-order valence-corrected chi connectivity index (χ4v) is 3.41. The average molecular weight is 340 g/mol. The van der Waals surface area contributed by atoms with Gasteiger partial charge in [-0.15, -0.1) is 0 Å². The van der Waals surface area contributed by atoms with Gasteiger partial charge in [0.15, 0.2) is 0 Å². The molecule has 0 aromatic carbocycles. The van der Waals surface area contributed by atoms with E-state index in [4.69, 9.17) is 4.74 Å². The Hall–Kier alpha value is -2.25. The van der Waals surface area contributed by atoms with Crippen LogP contribution in [0, 0.1) is 0 Å². The van der Waals surface area contributed by atoms with E-state index in [9.17, 15) is 0 Å². The van der Waals surface area contributed by atoms with E-state index >= 15 is 0 Å². The Bertz CT molecular complexity index is 676. The largest absolute Gasteiger partial charge is 0.378 e. The van der Waals surface area contributed by atoms with Gasteiger partial charge in [-0.2, -0.15) is 4.98 Å². The number of morpholine rings is 1. The molecule has 0 amide bonds. The lowest BCUT2D eigenvalue weighted by molar-refractivity contribution is 0.122. The first-order valence-electron chi connectivity index (χ1n) is 8.90. The summed E-state index contributed by atoms with van der Waals surface area (Å²) in [7, 11) is 0. The molecule has 132 valence electrons. The first-order chi connectivity index (χ1) is 12.4. The van der Waals surface area contributed by atoms with E-state index in [-0.39, 0.29) is 0 Å². The van der Waals surface area contributed by atoms with Crippen LogP contribution in [0.15, 0.2) is 36.8 Å². The van der Waals surface area contributed by atoms with E-state index in [0.717, 1.165) is 64.1 Å². The maximum atomic E-state index is 5.41. The van der Waals surface area contributed by atoms with Crippen molar-refractivity contribution in [1.82, 2.24) is 19.9 Å². The Balaban J connectivity index is 1.33. The number of aromatic nitrogens is 3. The van der Waals surface area contributed by atoms with Crippen LogP contribution < -0.4 is 10.2 Å². The van der Waals surface area contributed by atoms with Gasteiger partial charge < -0.3 is 15.0 Å². The molecule has 2 aliphatic rings. The SMILES string of the molecule is c1cncc(CN2CCC(Nc3nccc(N4CCOCC4)n3)C2)c1. The topological polar surface area (TPSA) is 66.4 Å². The summed E-state index contributed by atoms with van der Waals surface area (Å²) in [5.74, 6) is 1.70. The monoisotopic (exact) mass is 340 g/mol. The van der Waals surface area contributed by atoms with E-state index in [1.165, 1.54) is 5.56 Å². The fourth-order valence-electron chi connectivity index (χ4n) is 3.41. The Morgan fingerprint density at radius 3 is 2.92 bits per heavy atom. The van der Waals surface area contributed by atoms with Crippen LogP contribution in [0.5, 0.6) is 0 Å². The van der Waals surface area contributed by atoms with Gasteiger partial charge in [-0.3, -0.25) is 9.88 Å². The number of anilines is 2. The molecule has 1 unspecified atom stereocenters. The van der Waals surface area contributed by atoms with Gasteiger partial charge in [0.2, 0.25) is 5.95 Å². The number of nitrogens with zero attached hydrogens (tertiary/aromatic N) is 5. The zero-order valence-electron chi connectivity index (χ0n) is 14.3. The third-order valence-corrected chi connectivity index (χ3v) is 4.71. The normalized spacial score (nSPS) is 21.4. The van der Waals surface area contributed by atoms with Crippen LogP contribution in [0.1, 0.15) is 12.0 Å². The number of hydrogen-bond acceptors (Lipinski definition) is 7. The molecular weight excluding hydrogens is 316 g/mol. The highest BCUT2D eigenvalue weighted by Crippen LogP contribution is 2.18. The van der Waals surface area contributed by atoms with Gasteiger partial charge in [0.05, 0.1) is 13.2 Å². The summed E-state index contributed by atoms with van der Waals surface area (Å²) < 4.78 is 5.41. The molecule has 2 fully saturated rings. The van der Waals surface area contributed by atoms with E-state index in [1.807, 2.05) is 30.7 Å². The number of hydrogen-bond donors (Lipinski definition) is 1. The van der Waals surface area contributed by atoms with Crippen LogP contribution in [0.4, 0.5) is 11.8 Å². The van der Waals surface area contributed by atoms with E-state index < -0.39 is 0 Å². The lowest BCUT2D eigenvalue weighted by Gasteiger charge is -2.28. The predicted octanol–water partition coefficient (Wildman–Crippen LogP) is 1.39. The molecule has 0 spiro atoms. The highest BCUT2D eigenvalue weighted by Gasteiger charge is 2.23. The van der Waals surface area contributed by atoms with Crippen molar-refractivity contribution in [3.63, 3.8) is 0 Å². The number of nitrogens with one attached hydrogen (secondary N) is 1.